The van der Waals surface area contributed by atoms with E-state index in [0.717, 1.165) is 48.8 Å². The Hall–Kier alpha value is -3.26. The Bertz CT molecular complexity index is 1220. The summed E-state index contributed by atoms with van der Waals surface area (Å²) >= 11 is 0. The van der Waals surface area contributed by atoms with E-state index in [1.807, 2.05) is 43.7 Å². The van der Waals surface area contributed by atoms with Gasteiger partial charge in [-0.1, -0.05) is 18.2 Å². The van der Waals surface area contributed by atoms with Crippen LogP contribution in [0.25, 0.3) is 22.4 Å². The fraction of sp³-hybridized carbons (Fsp3) is 0.440. The van der Waals surface area contributed by atoms with Crippen molar-refractivity contribution in [3.8, 4) is 22.4 Å². The molecule has 170 valence electrons. The van der Waals surface area contributed by atoms with Crippen molar-refractivity contribution in [1.29, 1.82) is 0 Å². The van der Waals surface area contributed by atoms with Crippen LogP contribution in [0.15, 0.2) is 42.9 Å². The third-order valence-corrected chi connectivity index (χ3v) is 7.75. The van der Waals surface area contributed by atoms with Crippen molar-refractivity contribution < 1.29 is 9.90 Å². The standard InChI is InChI=1S/C25H28N6O2/c1-31-13-19(11-28-31)15-3-2-4-16(7-15)20-12-27-23(26)22(29-20)24(32)30-21-17-5-14-6-18(21)10-25(33,8-14)9-17/h2-4,7,11-14,17-18,21,33H,5-6,8-10H2,1H3,(H2,26,27)(H,30,32)/t14?,17-,18+,21?,25?. The second kappa shape index (κ2) is 7.38. The van der Waals surface area contributed by atoms with Gasteiger partial charge in [0.15, 0.2) is 11.5 Å². The number of benzene rings is 1. The predicted octanol–water partition coefficient (Wildman–Crippen LogP) is 2.80. The monoisotopic (exact) mass is 444 g/mol. The lowest BCUT2D eigenvalue weighted by molar-refractivity contribution is -0.136. The number of nitrogens with two attached hydrogens (primary N) is 1. The molecule has 4 aliphatic carbocycles. The first-order valence-electron chi connectivity index (χ1n) is 11.6. The smallest absolute Gasteiger partial charge is 0.273 e. The number of carbonyl (C=O) groups is 1. The summed E-state index contributed by atoms with van der Waals surface area (Å²) in [6, 6.07) is 7.99. The Morgan fingerprint density at radius 2 is 1.91 bits per heavy atom. The van der Waals surface area contributed by atoms with Gasteiger partial charge in [-0.2, -0.15) is 5.10 Å². The summed E-state index contributed by atoms with van der Waals surface area (Å²) in [6.45, 7) is 0. The number of carbonyl (C=O) groups excluding carboxylic acids is 1. The first-order chi connectivity index (χ1) is 15.9. The molecule has 33 heavy (non-hydrogen) atoms. The topological polar surface area (TPSA) is 119 Å². The third-order valence-electron chi connectivity index (χ3n) is 7.75. The van der Waals surface area contributed by atoms with Gasteiger partial charge in [-0.05, 0) is 61.5 Å². The van der Waals surface area contributed by atoms with E-state index < -0.39 is 5.60 Å². The maximum Gasteiger partial charge on any atom is 0.273 e. The van der Waals surface area contributed by atoms with Gasteiger partial charge >= 0.3 is 0 Å². The molecule has 4 saturated carbocycles. The van der Waals surface area contributed by atoms with Crippen LogP contribution in [0, 0.1) is 17.8 Å². The molecule has 4 bridgehead atoms. The van der Waals surface area contributed by atoms with E-state index in [4.69, 9.17) is 5.73 Å². The molecule has 0 radical (unpaired) electrons. The Morgan fingerprint density at radius 1 is 1.15 bits per heavy atom. The van der Waals surface area contributed by atoms with Crippen LogP contribution in [0.1, 0.15) is 42.6 Å². The summed E-state index contributed by atoms with van der Waals surface area (Å²) in [5.41, 5.74) is 9.17. The molecule has 2 heterocycles. The number of hydrogen-bond acceptors (Lipinski definition) is 6. The number of nitrogens with one attached hydrogen (secondary N) is 1. The van der Waals surface area contributed by atoms with Crippen LogP contribution in [0.5, 0.6) is 0 Å². The van der Waals surface area contributed by atoms with E-state index in [0.29, 0.717) is 23.4 Å². The van der Waals surface area contributed by atoms with Gasteiger partial charge in [0.25, 0.3) is 5.91 Å². The summed E-state index contributed by atoms with van der Waals surface area (Å²) in [5, 5.41) is 18.3. The van der Waals surface area contributed by atoms with Gasteiger partial charge < -0.3 is 16.2 Å². The lowest BCUT2D eigenvalue weighted by Crippen LogP contribution is -2.61. The Kier molecular flexibility index (Phi) is 4.55. The van der Waals surface area contributed by atoms with Crippen LogP contribution in [0.3, 0.4) is 0 Å². The van der Waals surface area contributed by atoms with Crippen molar-refractivity contribution in [2.75, 3.05) is 5.73 Å². The van der Waals surface area contributed by atoms with Crippen molar-refractivity contribution in [2.45, 2.75) is 43.7 Å². The third kappa shape index (κ3) is 3.58. The lowest BCUT2D eigenvalue weighted by atomic mass is 9.52. The molecule has 3 unspecified atom stereocenters. The minimum absolute atomic E-state index is 0.0630. The van der Waals surface area contributed by atoms with Crippen LogP contribution < -0.4 is 11.1 Å². The second-order valence-corrected chi connectivity index (χ2v) is 10.2. The van der Waals surface area contributed by atoms with E-state index in [1.165, 1.54) is 0 Å². The molecule has 0 spiro atoms. The first-order valence-corrected chi connectivity index (χ1v) is 11.6. The molecular formula is C25H28N6O2. The number of nitrogens with zero attached hydrogens (tertiary/aromatic N) is 4. The van der Waals surface area contributed by atoms with E-state index in [-0.39, 0.29) is 23.5 Å². The van der Waals surface area contributed by atoms with Crippen molar-refractivity contribution in [3.05, 3.63) is 48.5 Å². The van der Waals surface area contributed by atoms with E-state index in [9.17, 15) is 9.90 Å². The average Bonchev–Trinajstić information content (AvgIpc) is 3.22. The number of aromatic nitrogens is 4. The molecule has 4 N–H and O–H groups in total. The van der Waals surface area contributed by atoms with E-state index in [1.54, 1.807) is 10.9 Å². The largest absolute Gasteiger partial charge is 0.390 e. The van der Waals surface area contributed by atoms with E-state index in [2.05, 4.69) is 20.4 Å². The maximum atomic E-state index is 13.2. The normalized spacial score (nSPS) is 29.9. The fourth-order valence-electron chi connectivity index (χ4n) is 6.57. The highest BCUT2D eigenvalue weighted by Crippen LogP contribution is 2.55. The SMILES string of the molecule is Cn1cc(-c2cccc(-c3cnc(N)c(C(=O)NC4[C@@H]5CC6C[C@H]4CC(O)(C6)C5)n3)c2)cn1. The van der Waals surface area contributed by atoms with Crippen LogP contribution in [0.4, 0.5) is 5.82 Å². The summed E-state index contributed by atoms with van der Waals surface area (Å²) in [6.07, 6.45) is 9.98. The number of aryl methyl sites for hydroxylation is 1. The quantitative estimate of drug-likeness (QED) is 0.569. The van der Waals surface area contributed by atoms with Gasteiger partial charge in [0.2, 0.25) is 0 Å². The van der Waals surface area contributed by atoms with Gasteiger partial charge in [-0.3, -0.25) is 9.48 Å². The molecule has 8 nitrogen and oxygen atoms in total. The molecule has 4 aliphatic rings. The minimum Gasteiger partial charge on any atom is -0.390 e. The predicted molar refractivity (Wildman–Crippen MR) is 124 cm³/mol. The van der Waals surface area contributed by atoms with Gasteiger partial charge in [-0.15, -0.1) is 0 Å². The van der Waals surface area contributed by atoms with Crippen molar-refractivity contribution in [3.63, 3.8) is 0 Å². The van der Waals surface area contributed by atoms with Crippen molar-refractivity contribution >= 4 is 11.7 Å². The van der Waals surface area contributed by atoms with Crippen LogP contribution in [-0.2, 0) is 7.05 Å². The van der Waals surface area contributed by atoms with Gasteiger partial charge in [-0.25, -0.2) is 9.97 Å². The zero-order valence-corrected chi connectivity index (χ0v) is 18.6. The van der Waals surface area contributed by atoms with Crippen molar-refractivity contribution in [1.82, 2.24) is 25.1 Å². The molecule has 8 heteroatoms. The number of rotatable bonds is 4. The summed E-state index contributed by atoms with van der Waals surface area (Å²) in [7, 11) is 1.88. The Balaban J connectivity index is 1.26. The molecule has 4 fully saturated rings. The van der Waals surface area contributed by atoms with Gasteiger partial charge in [0, 0.05) is 30.4 Å². The zero-order chi connectivity index (χ0) is 22.7. The van der Waals surface area contributed by atoms with E-state index >= 15 is 0 Å². The molecule has 5 atom stereocenters. The molecule has 3 aromatic rings. The molecule has 7 rings (SSSR count). The van der Waals surface area contributed by atoms with Crippen LogP contribution in [-0.4, -0.2) is 42.4 Å². The lowest BCUT2D eigenvalue weighted by Gasteiger charge is -2.58. The number of nitrogen functional groups attached to an aromatic ring is 1. The molecular weight excluding hydrogens is 416 g/mol. The van der Waals surface area contributed by atoms with Gasteiger partial charge in [0.05, 0.1) is 23.7 Å². The highest BCUT2D eigenvalue weighted by Gasteiger charge is 2.55. The summed E-state index contributed by atoms with van der Waals surface area (Å²) < 4.78 is 1.76. The number of aliphatic hydroxyl groups is 1. The minimum atomic E-state index is -0.532. The van der Waals surface area contributed by atoms with Crippen molar-refractivity contribution in [2.24, 2.45) is 24.8 Å². The zero-order valence-electron chi connectivity index (χ0n) is 18.6. The number of anilines is 1. The van der Waals surface area contributed by atoms with Crippen LogP contribution in [0.2, 0.25) is 0 Å². The Labute approximate surface area is 192 Å². The highest BCUT2D eigenvalue weighted by molar-refractivity contribution is 5.97. The average molecular weight is 445 g/mol. The highest BCUT2D eigenvalue weighted by atomic mass is 16.3. The molecule has 0 saturated heterocycles. The number of amides is 1. The molecule has 2 aromatic heterocycles. The number of hydrogen-bond donors (Lipinski definition) is 3. The molecule has 1 aromatic carbocycles. The van der Waals surface area contributed by atoms with Gasteiger partial charge in [0.1, 0.15) is 0 Å². The fourth-order valence-corrected chi connectivity index (χ4v) is 6.57. The molecule has 0 aliphatic heterocycles. The second-order valence-electron chi connectivity index (χ2n) is 10.2. The summed E-state index contributed by atoms with van der Waals surface area (Å²) in [4.78, 5) is 22.1. The molecule has 1 amide bonds. The maximum absolute atomic E-state index is 13.2. The first kappa shape index (κ1) is 20.4. The van der Waals surface area contributed by atoms with Crippen LogP contribution >= 0.6 is 0 Å². The summed E-state index contributed by atoms with van der Waals surface area (Å²) in [5.74, 6) is 1.07. The Morgan fingerprint density at radius 3 is 2.61 bits per heavy atom.